The molecule has 10 heteroatoms. The molecular formula is C16H14N4O4S2. The number of primary amides is 2. The molecule has 8 nitrogen and oxygen atoms in total. The van der Waals surface area contributed by atoms with E-state index in [4.69, 9.17) is 20.9 Å². The van der Waals surface area contributed by atoms with Crippen LogP contribution in [-0.2, 0) is 6.61 Å². The average Bonchev–Trinajstić information content (AvgIpc) is 3.23. The molecule has 0 saturated carbocycles. The Morgan fingerprint density at radius 3 is 2.77 bits per heavy atom. The Labute approximate surface area is 156 Å². The number of nitrogens with one attached hydrogen (secondary N) is 1. The first-order valence-corrected chi connectivity index (χ1v) is 9.05. The van der Waals surface area contributed by atoms with E-state index in [1.54, 1.807) is 11.6 Å². The lowest BCUT2D eigenvalue weighted by Gasteiger charge is -2.06. The first-order chi connectivity index (χ1) is 12.5. The largest absolute Gasteiger partial charge is 0.487 e. The number of ether oxygens (including phenoxy) is 2. The summed E-state index contributed by atoms with van der Waals surface area (Å²) in [6.07, 6.45) is -0.984. The van der Waals surface area contributed by atoms with Crippen molar-refractivity contribution in [3.05, 3.63) is 46.9 Å². The number of nitrogens with zero attached hydrogens (tertiary/aromatic N) is 1. The molecule has 0 radical (unpaired) electrons. The van der Waals surface area contributed by atoms with Crippen LogP contribution >= 0.6 is 22.7 Å². The third-order valence-corrected chi connectivity index (χ3v) is 4.85. The lowest BCUT2D eigenvalue weighted by atomic mass is 10.2. The van der Waals surface area contributed by atoms with Crippen molar-refractivity contribution < 1.29 is 19.1 Å². The Balaban J connectivity index is 1.83. The van der Waals surface area contributed by atoms with E-state index in [-0.39, 0.29) is 5.75 Å². The third-order valence-electron chi connectivity index (χ3n) is 3.13. The van der Waals surface area contributed by atoms with Gasteiger partial charge in [-0.15, -0.1) is 22.7 Å². The zero-order chi connectivity index (χ0) is 18.5. The predicted molar refractivity (Wildman–Crippen MR) is 99.6 cm³/mol. The molecule has 0 aliphatic carbocycles. The number of anilines is 1. The second-order valence-electron chi connectivity index (χ2n) is 5.01. The molecule has 5 N–H and O–H groups in total. The van der Waals surface area contributed by atoms with Crippen molar-refractivity contribution in [2.24, 2.45) is 11.5 Å². The Hall–Kier alpha value is -3.11. The molecule has 3 rings (SSSR count). The number of carbonyl (C=O) groups is 2. The van der Waals surface area contributed by atoms with Crippen molar-refractivity contribution in [3.8, 4) is 21.9 Å². The Kier molecular flexibility index (Phi) is 5.34. The number of benzene rings is 1. The van der Waals surface area contributed by atoms with Gasteiger partial charge in [0.15, 0.2) is 5.75 Å². The minimum Gasteiger partial charge on any atom is -0.487 e. The monoisotopic (exact) mass is 390 g/mol. The van der Waals surface area contributed by atoms with Crippen LogP contribution in [0.15, 0.2) is 41.2 Å². The van der Waals surface area contributed by atoms with Crippen LogP contribution in [0.1, 0.15) is 5.69 Å². The summed E-state index contributed by atoms with van der Waals surface area (Å²) in [5, 5.41) is 4.62. The molecule has 0 bridgehead atoms. The Bertz CT molecular complexity index is 891. The molecule has 2 heterocycles. The number of thiazole rings is 1. The summed E-state index contributed by atoms with van der Waals surface area (Å²) in [7, 11) is 0. The highest BCUT2D eigenvalue weighted by molar-refractivity contribution is 7.20. The maximum absolute atomic E-state index is 11.1. The first kappa shape index (κ1) is 17.7. The quantitative estimate of drug-likeness (QED) is 0.594. The maximum Gasteiger partial charge on any atom is 0.410 e. The van der Waals surface area contributed by atoms with Gasteiger partial charge in [-0.25, -0.2) is 14.6 Å². The summed E-state index contributed by atoms with van der Waals surface area (Å²) >= 11 is 2.70. The minimum absolute atomic E-state index is 0.130. The molecule has 0 unspecified atom stereocenters. The zero-order valence-corrected chi connectivity index (χ0v) is 14.9. The molecule has 0 atom stereocenters. The van der Waals surface area contributed by atoms with Gasteiger partial charge in [-0.3, -0.25) is 5.32 Å². The molecule has 0 fully saturated rings. The number of amides is 3. The Morgan fingerprint density at radius 2 is 2.08 bits per heavy atom. The van der Waals surface area contributed by atoms with E-state index in [9.17, 15) is 9.59 Å². The van der Waals surface area contributed by atoms with Gasteiger partial charge in [-0.05, 0) is 17.7 Å². The van der Waals surface area contributed by atoms with Crippen LogP contribution in [0.25, 0.3) is 10.4 Å². The van der Waals surface area contributed by atoms with Crippen LogP contribution < -0.4 is 26.3 Å². The number of carbonyl (C=O) groups excluding carboxylic acids is 2. The lowest BCUT2D eigenvalue weighted by molar-refractivity contribution is 0.211. The third kappa shape index (κ3) is 4.49. The lowest BCUT2D eigenvalue weighted by Crippen LogP contribution is -2.20. The summed E-state index contributed by atoms with van der Waals surface area (Å²) in [6, 6.07) is 8.19. The highest BCUT2D eigenvalue weighted by atomic mass is 32.1. The van der Waals surface area contributed by atoms with E-state index >= 15 is 0 Å². The zero-order valence-electron chi connectivity index (χ0n) is 13.3. The van der Waals surface area contributed by atoms with Gasteiger partial charge < -0.3 is 20.9 Å². The van der Waals surface area contributed by atoms with Crippen LogP contribution in [0.3, 0.4) is 0 Å². The predicted octanol–water partition coefficient (Wildman–Crippen LogP) is 3.40. The molecule has 0 aliphatic rings. The van der Waals surface area contributed by atoms with Crippen LogP contribution in [0.5, 0.6) is 11.5 Å². The van der Waals surface area contributed by atoms with Gasteiger partial charge in [0, 0.05) is 16.3 Å². The number of rotatable bonds is 6. The number of nitrogens with two attached hydrogens (primary N) is 2. The number of thiophene rings is 1. The van der Waals surface area contributed by atoms with Crippen molar-refractivity contribution in [2.45, 2.75) is 6.61 Å². The number of urea groups is 1. The van der Waals surface area contributed by atoms with Gasteiger partial charge in [-0.2, -0.15) is 0 Å². The fourth-order valence-electron chi connectivity index (χ4n) is 2.11. The summed E-state index contributed by atoms with van der Waals surface area (Å²) in [6.45, 7) is 0.363. The number of hydrogen-bond donors (Lipinski definition) is 3. The maximum atomic E-state index is 11.1. The van der Waals surface area contributed by atoms with Crippen LogP contribution in [0.2, 0.25) is 0 Å². The molecule has 2 aromatic heterocycles. The molecule has 3 aromatic rings. The van der Waals surface area contributed by atoms with Crippen LogP contribution in [0.4, 0.5) is 14.6 Å². The second-order valence-corrected chi connectivity index (χ2v) is 6.78. The Morgan fingerprint density at radius 1 is 1.23 bits per heavy atom. The highest BCUT2D eigenvalue weighted by Crippen LogP contribution is 2.41. The van der Waals surface area contributed by atoms with E-state index in [1.807, 2.05) is 29.6 Å². The second kappa shape index (κ2) is 7.85. The van der Waals surface area contributed by atoms with Crippen LogP contribution in [0, 0.1) is 0 Å². The summed E-state index contributed by atoms with van der Waals surface area (Å²) < 4.78 is 10.6. The fraction of sp³-hybridized carbons (Fsp3) is 0.0625. The molecular weight excluding hydrogens is 376 g/mol. The van der Waals surface area contributed by atoms with Gasteiger partial charge in [0.05, 0.1) is 11.2 Å². The molecule has 134 valence electrons. The van der Waals surface area contributed by atoms with Crippen molar-refractivity contribution in [3.63, 3.8) is 0 Å². The molecule has 0 aliphatic heterocycles. The standard InChI is InChI=1S/C16H14N4O4S2/c17-15(21)20-14-12(24-16(18)22)5-13(26-14)9-2-1-3-11(4-9)23-6-10-7-25-8-19-10/h1-5,7-8H,6H2,(H2,18,22)(H3,17,20,21). The van der Waals surface area contributed by atoms with Crippen molar-refractivity contribution in [1.29, 1.82) is 0 Å². The summed E-state index contributed by atoms with van der Waals surface area (Å²) in [5.74, 6) is 0.788. The topological polar surface area (TPSA) is 130 Å². The van der Waals surface area contributed by atoms with E-state index < -0.39 is 12.1 Å². The fourth-order valence-corrected chi connectivity index (χ4v) is 3.63. The van der Waals surface area contributed by atoms with Crippen molar-refractivity contribution >= 4 is 39.8 Å². The number of aromatic nitrogens is 1. The molecule has 0 spiro atoms. The van der Waals surface area contributed by atoms with E-state index in [2.05, 4.69) is 10.3 Å². The SMILES string of the molecule is NC(=O)Nc1sc(-c2cccc(OCc3cscn3)c2)cc1OC(N)=O. The molecule has 3 amide bonds. The van der Waals surface area contributed by atoms with E-state index in [0.29, 0.717) is 17.4 Å². The van der Waals surface area contributed by atoms with Crippen molar-refractivity contribution in [2.75, 3.05) is 5.32 Å². The average molecular weight is 390 g/mol. The van der Waals surface area contributed by atoms with Gasteiger partial charge in [0.25, 0.3) is 0 Å². The van der Waals surface area contributed by atoms with Gasteiger partial charge >= 0.3 is 12.1 Å². The van der Waals surface area contributed by atoms with Crippen LogP contribution in [-0.4, -0.2) is 17.1 Å². The summed E-state index contributed by atoms with van der Waals surface area (Å²) in [5.41, 5.74) is 13.6. The number of hydrogen-bond acceptors (Lipinski definition) is 7. The van der Waals surface area contributed by atoms with Gasteiger partial charge in [0.2, 0.25) is 0 Å². The molecule has 1 aromatic carbocycles. The molecule has 26 heavy (non-hydrogen) atoms. The summed E-state index contributed by atoms with van der Waals surface area (Å²) in [4.78, 5) is 27.1. The van der Waals surface area contributed by atoms with E-state index in [0.717, 1.165) is 16.1 Å². The normalized spacial score (nSPS) is 10.3. The van der Waals surface area contributed by atoms with Crippen molar-refractivity contribution in [1.82, 2.24) is 4.98 Å². The first-order valence-electron chi connectivity index (χ1n) is 7.29. The minimum atomic E-state index is -0.984. The van der Waals surface area contributed by atoms with Gasteiger partial charge in [-0.1, -0.05) is 12.1 Å². The van der Waals surface area contributed by atoms with E-state index in [1.165, 1.54) is 22.7 Å². The van der Waals surface area contributed by atoms with Gasteiger partial charge in [0.1, 0.15) is 17.4 Å². The highest BCUT2D eigenvalue weighted by Gasteiger charge is 2.15. The molecule has 0 saturated heterocycles. The smallest absolute Gasteiger partial charge is 0.410 e.